The van der Waals surface area contributed by atoms with Gasteiger partial charge in [0.1, 0.15) is 5.75 Å². The van der Waals surface area contributed by atoms with E-state index in [1.165, 1.54) is 17.0 Å². The second-order valence-electron chi connectivity index (χ2n) is 15.6. The molecule has 5 aromatic rings. The average Bonchev–Trinajstić information content (AvgIpc) is 3.25. The van der Waals surface area contributed by atoms with Crippen LogP contribution in [0.2, 0.25) is 0 Å². The maximum absolute atomic E-state index is 13.2. The number of H-pyrrole nitrogens is 1. The maximum atomic E-state index is 13.2. The van der Waals surface area contributed by atoms with Gasteiger partial charge in [-0.25, -0.2) is 4.79 Å². The highest BCUT2D eigenvalue weighted by molar-refractivity contribution is 5.93. The van der Waals surface area contributed by atoms with Gasteiger partial charge in [-0.05, 0) is 78.6 Å². The van der Waals surface area contributed by atoms with Crippen LogP contribution in [0.4, 0.5) is 16.2 Å². The first-order chi connectivity index (χ1) is 28.6. The van der Waals surface area contributed by atoms with Crippen LogP contribution in [0, 0.1) is 5.92 Å². The Bertz CT molecular complexity index is 2280. The number of hydrogen-bond acceptors (Lipinski definition) is 8. The first-order valence-corrected chi connectivity index (χ1v) is 20.4. The highest BCUT2D eigenvalue weighted by atomic mass is 16.4. The van der Waals surface area contributed by atoms with Crippen molar-refractivity contribution in [1.82, 2.24) is 20.1 Å². The Balaban J connectivity index is 0.795. The quantitative estimate of drug-likeness (QED) is 0.0749. The van der Waals surface area contributed by atoms with E-state index in [1.54, 1.807) is 12.1 Å². The number of carboxylic acid groups (broad SMARTS) is 1. The van der Waals surface area contributed by atoms with Gasteiger partial charge in [0.2, 0.25) is 17.4 Å². The fourth-order valence-corrected chi connectivity index (χ4v) is 8.39. The van der Waals surface area contributed by atoms with Gasteiger partial charge < -0.3 is 40.7 Å². The number of aliphatic hydroxyl groups is 1. The Labute approximate surface area is 343 Å². The Kier molecular flexibility index (Phi) is 13.4. The van der Waals surface area contributed by atoms with Gasteiger partial charge in [-0.2, -0.15) is 0 Å². The van der Waals surface area contributed by atoms with Gasteiger partial charge >= 0.3 is 6.09 Å². The lowest BCUT2D eigenvalue weighted by Crippen LogP contribution is -2.48. The number of aromatic amines is 1. The fraction of sp³-hybridized carbons (Fsp3) is 0.348. The number of pyridine rings is 1. The molecule has 3 amide bonds. The van der Waals surface area contributed by atoms with Crippen LogP contribution in [0.3, 0.4) is 0 Å². The zero-order valence-corrected chi connectivity index (χ0v) is 33.1. The number of carbonyl (C=O) groups is 3. The van der Waals surface area contributed by atoms with E-state index in [-0.39, 0.29) is 41.6 Å². The predicted molar refractivity (Wildman–Crippen MR) is 228 cm³/mol. The summed E-state index contributed by atoms with van der Waals surface area (Å²) in [4.78, 5) is 58.7. The Morgan fingerprint density at radius 2 is 1.54 bits per heavy atom. The first-order valence-electron chi connectivity index (χ1n) is 20.4. The largest absolute Gasteiger partial charge is 0.506 e. The molecule has 2 saturated heterocycles. The molecule has 2 fully saturated rings. The monoisotopic (exact) mass is 800 g/mol. The van der Waals surface area contributed by atoms with Crippen molar-refractivity contribution in [3.05, 3.63) is 125 Å². The lowest BCUT2D eigenvalue weighted by molar-refractivity contribution is -0.133. The zero-order valence-electron chi connectivity index (χ0n) is 33.1. The molecular formula is C46H52N6O7. The Hall–Kier alpha value is -6.02. The van der Waals surface area contributed by atoms with Gasteiger partial charge in [0.15, 0.2) is 0 Å². The van der Waals surface area contributed by atoms with Crippen molar-refractivity contribution in [2.24, 2.45) is 5.92 Å². The van der Waals surface area contributed by atoms with Gasteiger partial charge in [0.25, 0.3) is 0 Å². The summed E-state index contributed by atoms with van der Waals surface area (Å²) in [6.07, 6.45) is 1.91. The number of hydrogen-bond donors (Lipinski definition) is 6. The molecule has 1 aromatic heterocycles. The molecule has 2 aliphatic heterocycles. The van der Waals surface area contributed by atoms with Crippen LogP contribution in [0.1, 0.15) is 55.8 Å². The number of benzene rings is 4. The molecule has 0 radical (unpaired) electrons. The third-order valence-corrected chi connectivity index (χ3v) is 11.6. The van der Waals surface area contributed by atoms with E-state index >= 15 is 0 Å². The smallest absolute Gasteiger partial charge is 0.412 e. The van der Waals surface area contributed by atoms with E-state index in [0.717, 1.165) is 42.6 Å². The zero-order chi connectivity index (χ0) is 41.3. The second-order valence-corrected chi connectivity index (χ2v) is 15.6. The van der Waals surface area contributed by atoms with Gasteiger partial charge in [-0.3, -0.25) is 19.3 Å². The summed E-state index contributed by atoms with van der Waals surface area (Å²) >= 11 is 0. The topological polar surface area (TPSA) is 179 Å². The molecule has 0 bridgehead atoms. The number of carbonyl (C=O) groups excluding carboxylic acids is 2. The molecule has 0 spiro atoms. The fourth-order valence-electron chi connectivity index (χ4n) is 8.39. The lowest BCUT2D eigenvalue weighted by atomic mass is 9.93. The second kappa shape index (κ2) is 19.2. The molecule has 3 heterocycles. The predicted octanol–water partition coefficient (Wildman–Crippen LogP) is 6.33. The van der Waals surface area contributed by atoms with Crippen molar-refractivity contribution < 1.29 is 29.7 Å². The number of aromatic nitrogens is 1. The average molecular weight is 801 g/mol. The van der Waals surface area contributed by atoms with E-state index in [1.807, 2.05) is 83.8 Å². The number of nitrogens with one attached hydrogen (secondary N) is 3. The van der Waals surface area contributed by atoms with Crippen molar-refractivity contribution in [1.29, 1.82) is 0 Å². The van der Waals surface area contributed by atoms with Gasteiger partial charge in [0.05, 0.1) is 17.3 Å². The highest BCUT2D eigenvalue weighted by Gasteiger charge is 2.31. The molecular weight excluding hydrogens is 749 g/mol. The third-order valence-electron chi connectivity index (χ3n) is 11.6. The normalized spacial score (nSPS) is 15.8. The summed E-state index contributed by atoms with van der Waals surface area (Å²) in [6.45, 7) is 4.09. The molecule has 0 saturated carbocycles. The number of para-hydroxylation sites is 1. The van der Waals surface area contributed by atoms with Crippen LogP contribution in [-0.2, 0) is 16.1 Å². The standard InChI is InChI=1S/C46H52N6O7/c53-40-16-14-37(38-15-17-42(55)49-45(38)40)41(54)30-47-29-32-10-12-34(13-11-32)48-43(56)28-31-18-26-51(27-19-31)44(57)22-25-50-23-20-35(21-24-50)52(46(58)59)39-9-5-4-8-36(39)33-6-2-1-3-7-33/h1-17,31,35,41,47,53-54H,18-30H2,(H,48,56)(H,49,55)(H,58,59)/t41-/m0/s1. The minimum atomic E-state index is -0.958. The van der Waals surface area contributed by atoms with Crippen LogP contribution >= 0.6 is 0 Å². The van der Waals surface area contributed by atoms with Crippen LogP contribution in [0.25, 0.3) is 22.0 Å². The summed E-state index contributed by atoms with van der Waals surface area (Å²) in [5.74, 6) is 0.204. The molecule has 13 nitrogen and oxygen atoms in total. The molecule has 59 heavy (non-hydrogen) atoms. The lowest BCUT2D eigenvalue weighted by Gasteiger charge is -2.38. The van der Waals surface area contributed by atoms with Crippen LogP contribution in [0.5, 0.6) is 5.75 Å². The number of amides is 3. The maximum Gasteiger partial charge on any atom is 0.412 e. The van der Waals surface area contributed by atoms with Crippen LogP contribution < -0.4 is 21.1 Å². The van der Waals surface area contributed by atoms with Gasteiger partial charge in [-0.15, -0.1) is 0 Å². The number of aliphatic hydroxyl groups excluding tert-OH is 1. The van der Waals surface area contributed by atoms with E-state index < -0.39 is 12.2 Å². The number of anilines is 2. The van der Waals surface area contributed by atoms with E-state index in [0.29, 0.717) is 79.7 Å². The van der Waals surface area contributed by atoms with Gasteiger partial charge in [0, 0.05) is 87.4 Å². The molecule has 1 atom stereocenters. The first kappa shape index (κ1) is 41.2. The van der Waals surface area contributed by atoms with Crippen molar-refractivity contribution in [3.8, 4) is 16.9 Å². The number of aromatic hydroxyl groups is 1. The molecule has 7 rings (SSSR count). The molecule has 4 aromatic carbocycles. The summed E-state index contributed by atoms with van der Waals surface area (Å²) in [5, 5.41) is 38.0. The molecule has 13 heteroatoms. The third kappa shape index (κ3) is 10.4. The summed E-state index contributed by atoms with van der Waals surface area (Å²) in [6, 6.07) is 30.9. The molecule has 0 unspecified atom stereocenters. The number of piperidine rings is 2. The van der Waals surface area contributed by atoms with Crippen molar-refractivity contribution in [3.63, 3.8) is 0 Å². The summed E-state index contributed by atoms with van der Waals surface area (Å²) in [5.41, 5.74) is 4.79. The Morgan fingerprint density at radius 3 is 2.27 bits per heavy atom. The number of phenolic OH excluding ortho intramolecular Hbond substituents is 1. The minimum Gasteiger partial charge on any atom is -0.506 e. The Morgan fingerprint density at radius 1 is 0.831 bits per heavy atom. The number of rotatable bonds is 14. The van der Waals surface area contributed by atoms with Crippen LogP contribution in [-0.4, -0.2) is 93.3 Å². The summed E-state index contributed by atoms with van der Waals surface area (Å²) < 4.78 is 0. The summed E-state index contributed by atoms with van der Waals surface area (Å²) in [7, 11) is 0. The van der Waals surface area contributed by atoms with Crippen molar-refractivity contribution >= 4 is 40.2 Å². The number of likely N-dealkylation sites (tertiary alicyclic amines) is 2. The number of phenols is 1. The number of fused-ring (bicyclic) bond motifs is 1. The SMILES string of the molecule is O=C(CC1CCN(C(=O)CCN2CCC(N(C(=O)O)c3ccccc3-c3ccccc3)CC2)CC1)Nc1ccc(CNC[C@H](O)c2ccc(O)c3[nH]c(=O)ccc23)cc1. The minimum absolute atomic E-state index is 0.0559. The van der Waals surface area contributed by atoms with Crippen LogP contribution in [0.15, 0.2) is 108 Å². The molecule has 0 aliphatic carbocycles. The molecule has 2 aliphatic rings. The van der Waals surface area contributed by atoms with Gasteiger partial charge in [-0.1, -0.05) is 66.7 Å². The van der Waals surface area contributed by atoms with Crippen molar-refractivity contribution in [2.45, 2.75) is 57.2 Å². The van der Waals surface area contributed by atoms with E-state index in [2.05, 4.69) is 20.5 Å². The van der Waals surface area contributed by atoms with E-state index in [4.69, 9.17) is 0 Å². The van der Waals surface area contributed by atoms with Crippen molar-refractivity contribution in [2.75, 3.05) is 49.5 Å². The highest BCUT2D eigenvalue weighted by Crippen LogP contribution is 2.34. The van der Waals surface area contributed by atoms with E-state index in [9.17, 15) is 34.5 Å². The molecule has 6 N–H and O–H groups in total. The molecule has 308 valence electrons. The number of nitrogens with zero attached hydrogens (tertiary/aromatic N) is 3.